The molecule has 1 aliphatic rings. The first-order valence-corrected chi connectivity index (χ1v) is 9.52. The number of imidazole rings is 1. The Morgan fingerprint density at radius 1 is 1.07 bits per heavy atom. The molecule has 3 aromatic rings. The molecule has 1 fully saturated rings. The smallest absolute Gasteiger partial charge is 0.416 e. The number of nitrogens with one attached hydrogen (secondary N) is 1. The lowest BCUT2D eigenvalue weighted by Gasteiger charge is -2.08. The van der Waals surface area contributed by atoms with Crippen molar-refractivity contribution in [1.82, 2.24) is 14.9 Å². The third-order valence-corrected chi connectivity index (χ3v) is 5.04. The minimum absolute atomic E-state index is 0.116. The van der Waals surface area contributed by atoms with Crippen molar-refractivity contribution in [1.29, 1.82) is 0 Å². The molecule has 1 N–H and O–H groups in total. The van der Waals surface area contributed by atoms with E-state index in [9.17, 15) is 9.59 Å². The molecule has 0 unspecified atom stereocenters. The van der Waals surface area contributed by atoms with Gasteiger partial charge in [-0.2, -0.15) is 0 Å². The molecule has 0 bridgehead atoms. The van der Waals surface area contributed by atoms with Crippen LogP contribution in [0, 0.1) is 0 Å². The van der Waals surface area contributed by atoms with Gasteiger partial charge in [-0.25, -0.2) is 14.7 Å². The Balaban J connectivity index is 1.60. The summed E-state index contributed by atoms with van der Waals surface area (Å²) in [6.45, 7) is 0.563. The standard InChI is InChI=1S/C20H17N3O3S/c24-16(23-11-12-26-20(23)25)13-27-19-21-17(14-7-3-1-4-8-14)18(22-19)15-9-5-2-6-10-15/h1-10H,11-13H2,(H,21,22). The minimum atomic E-state index is -0.574. The number of cyclic esters (lactones) is 1. The number of ether oxygens (including phenoxy) is 1. The van der Waals surface area contributed by atoms with E-state index in [1.54, 1.807) is 0 Å². The summed E-state index contributed by atoms with van der Waals surface area (Å²) in [5.74, 6) is -0.160. The Morgan fingerprint density at radius 2 is 1.74 bits per heavy atom. The maximum Gasteiger partial charge on any atom is 0.416 e. The van der Waals surface area contributed by atoms with Crippen LogP contribution in [0.1, 0.15) is 0 Å². The quantitative estimate of drug-likeness (QED) is 0.682. The number of amides is 2. The first-order chi connectivity index (χ1) is 13.2. The van der Waals surface area contributed by atoms with Crippen LogP contribution in [0.15, 0.2) is 65.8 Å². The lowest BCUT2D eigenvalue weighted by atomic mass is 10.1. The molecule has 136 valence electrons. The average Bonchev–Trinajstić information content (AvgIpc) is 3.34. The van der Waals surface area contributed by atoms with Crippen LogP contribution in [-0.2, 0) is 9.53 Å². The van der Waals surface area contributed by atoms with Gasteiger partial charge in [0.2, 0.25) is 5.91 Å². The maximum absolute atomic E-state index is 12.2. The molecule has 0 saturated carbocycles. The molecule has 27 heavy (non-hydrogen) atoms. The summed E-state index contributed by atoms with van der Waals surface area (Å²) in [5.41, 5.74) is 3.74. The second kappa shape index (κ2) is 7.67. The molecule has 7 heteroatoms. The molecule has 0 aliphatic carbocycles. The van der Waals surface area contributed by atoms with Crippen molar-refractivity contribution in [3.05, 3.63) is 60.7 Å². The predicted octanol–water partition coefficient (Wildman–Crippen LogP) is 3.81. The summed E-state index contributed by atoms with van der Waals surface area (Å²) in [4.78, 5) is 32.9. The van der Waals surface area contributed by atoms with E-state index in [0.29, 0.717) is 11.7 Å². The van der Waals surface area contributed by atoms with Crippen molar-refractivity contribution in [2.24, 2.45) is 0 Å². The number of hydrogen-bond donors (Lipinski definition) is 1. The monoisotopic (exact) mass is 379 g/mol. The van der Waals surface area contributed by atoms with Gasteiger partial charge in [-0.15, -0.1) is 0 Å². The van der Waals surface area contributed by atoms with E-state index in [4.69, 9.17) is 9.72 Å². The molecule has 0 atom stereocenters. The zero-order valence-corrected chi connectivity index (χ0v) is 15.2. The summed E-state index contributed by atoms with van der Waals surface area (Å²) in [7, 11) is 0. The van der Waals surface area contributed by atoms with Crippen LogP contribution in [0.25, 0.3) is 22.5 Å². The molecular weight excluding hydrogens is 362 g/mol. The van der Waals surface area contributed by atoms with Crippen molar-refractivity contribution >= 4 is 23.8 Å². The highest BCUT2D eigenvalue weighted by atomic mass is 32.2. The number of nitrogens with zero attached hydrogens (tertiary/aromatic N) is 2. The van der Waals surface area contributed by atoms with Crippen LogP contribution in [-0.4, -0.2) is 45.8 Å². The maximum atomic E-state index is 12.2. The second-order valence-corrected chi connectivity index (χ2v) is 6.91. The summed E-state index contributed by atoms with van der Waals surface area (Å²) in [6, 6.07) is 19.8. The van der Waals surface area contributed by atoms with E-state index in [2.05, 4.69) is 4.98 Å². The van der Waals surface area contributed by atoms with Gasteiger partial charge in [0.25, 0.3) is 0 Å². The molecule has 1 aliphatic heterocycles. The molecule has 2 heterocycles. The van der Waals surface area contributed by atoms with Crippen molar-refractivity contribution < 1.29 is 14.3 Å². The molecule has 0 radical (unpaired) electrons. The van der Waals surface area contributed by atoms with Crippen LogP contribution in [0.4, 0.5) is 4.79 Å². The molecular formula is C20H17N3O3S. The van der Waals surface area contributed by atoms with Gasteiger partial charge in [-0.1, -0.05) is 72.4 Å². The minimum Gasteiger partial charge on any atom is -0.447 e. The van der Waals surface area contributed by atoms with Gasteiger partial charge in [0.1, 0.15) is 6.61 Å². The highest BCUT2D eigenvalue weighted by Crippen LogP contribution is 2.32. The highest BCUT2D eigenvalue weighted by Gasteiger charge is 2.28. The number of carbonyl (C=O) groups is 2. The van der Waals surface area contributed by atoms with Gasteiger partial charge in [-0.3, -0.25) is 4.79 Å². The Bertz CT molecular complexity index is 900. The summed E-state index contributed by atoms with van der Waals surface area (Å²) in [5, 5.41) is 0.633. The fourth-order valence-corrected chi connectivity index (χ4v) is 3.61. The topological polar surface area (TPSA) is 75.3 Å². The van der Waals surface area contributed by atoms with Gasteiger partial charge < -0.3 is 9.72 Å². The van der Waals surface area contributed by atoms with Crippen molar-refractivity contribution in [3.8, 4) is 22.5 Å². The largest absolute Gasteiger partial charge is 0.447 e. The third kappa shape index (κ3) is 3.73. The van der Waals surface area contributed by atoms with Gasteiger partial charge in [0, 0.05) is 11.1 Å². The van der Waals surface area contributed by atoms with Crippen LogP contribution >= 0.6 is 11.8 Å². The van der Waals surface area contributed by atoms with E-state index < -0.39 is 6.09 Å². The summed E-state index contributed by atoms with van der Waals surface area (Å²) < 4.78 is 4.81. The lowest BCUT2D eigenvalue weighted by Crippen LogP contribution is -2.33. The van der Waals surface area contributed by atoms with E-state index >= 15 is 0 Å². The van der Waals surface area contributed by atoms with E-state index in [-0.39, 0.29) is 18.3 Å². The number of aromatic amines is 1. The van der Waals surface area contributed by atoms with E-state index in [1.165, 1.54) is 11.8 Å². The summed E-state index contributed by atoms with van der Waals surface area (Å²) >= 11 is 1.28. The highest BCUT2D eigenvalue weighted by molar-refractivity contribution is 7.99. The number of H-pyrrole nitrogens is 1. The molecule has 2 amide bonds. The number of benzene rings is 2. The van der Waals surface area contributed by atoms with Crippen molar-refractivity contribution in [2.75, 3.05) is 18.9 Å². The third-order valence-electron chi connectivity index (χ3n) is 4.19. The second-order valence-electron chi connectivity index (χ2n) is 5.95. The predicted molar refractivity (Wildman–Crippen MR) is 103 cm³/mol. The van der Waals surface area contributed by atoms with Gasteiger partial charge >= 0.3 is 6.09 Å². The van der Waals surface area contributed by atoms with Crippen molar-refractivity contribution in [2.45, 2.75) is 5.16 Å². The zero-order chi connectivity index (χ0) is 18.6. The Morgan fingerprint density at radius 3 is 2.37 bits per heavy atom. The van der Waals surface area contributed by atoms with Gasteiger partial charge in [0.15, 0.2) is 5.16 Å². The first-order valence-electron chi connectivity index (χ1n) is 8.53. The number of carbonyl (C=O) groups excluding carboxylic acids is 2. The molecule has 2 aromatic carbocycles. The number of thioether (sulfide) groups is 1. The van der Waals surface area contributed by atoms with Crippen LogP contribution < -0.4 is 0 Å². The number of rotatable bonds is 5. The van der Waals surface area contributed by atoms with Crippen molar-refractivity contribution in [3.63, 3.8) is 0 Å². The Hall–Kier alpha value is -3.06. The molecule has 4 rings (SSSR count). The first kappa shape index (κ1) is 17.4. The summed E-state index contributed by atoms with van der Waals surface area (Å²) in [6.07, 6.45) is -0.574. The number of imide groups is 1. The molecule has 1 saturated heterocycles. The molecule has 0 spiro atoms. The molecule has 1 aromatic heterocycles. The van der Waals surface area contributed by atoms with Gasteiger partial charge in [-0.05, 0) is 0 Å². The normalized spacial score (nSPS) is 13.6. The fraction of sp³-hybridized carbons (Fsp3) is 0.150. The van der Waals surface area contributed by atoms with Crippen LogP contribution in [0.3, 0.4) is 0 Å². The molecule has 6 nitrogen and oxygen atoms in total. The lowest BCUT2D eigenvalue weighted by molar-refractivity contribution is -0.125. The van der Waals surface area contributed by atoms with Crippen LogP contribution in [0.2, 0.25) is 0 Å². The number of aromatic nitrogens is 2. The van der Waals surface area contributed by atoms with Gasteiger partial charge in [0.05, 0.1) is 23.7 Å². The SMILES string of the molecule is O=C(CSc1nc(-c2ccccc2)c(-c2ccccc2)[nH]1)N1CCOC1=O. The van der Waals surface area contributed by atoms with Crippen LogP contribution in [0.5, 0.6) is 0 Å². The van der Waals surface area contributed by atoms with E-state index in [1.807, 2.05) is 60.7 Å². The zero-order valence-electron chi connectivity index (χ0n) is 14.4. The fourth-order valence-electron chi connectivity index (χ4n) is 2.87. The average molecular weight is 379 g/mol. The number of hydrogen-bond acceptors (Lipinski definition) is 5. The Labute approximate surface area is 160 Å². The van der Waals surface area contributed by atoms with E-state index in [0.717, 1.165) is 27.4 Å². The Kier molecular flexibility index (Phi) is 4.93.